The fourth-order valence-corrected chi connectivity index (χ4v) is 10.4. The second-order valence-corrected chi connectivity index (χ2v) is 21.7. The van der Waals surface area contributed by atoms with Crippen molar-refractivity contribution in [1.29, 1.82) is 0 Å². The zero-order chi connectivity index (χ0) is 46.0. The van der Waals surface area contributed by atoms with Crippen molar-refractivity contribution in [2.45, 2.75) is 128 Å². The van der Waals surface area contributed by atoms with Crippen LogP contribution in [0.25, 0.3) is 21.6 Å². The quantitative estimate of drug-likeness (QED) is 0.113. The van der Waals surface area contributed by atoms with E-state index in [-0.39, 0.29) is 36.9 Å². The van der Waals surface area contributed by atoms with Gasteiger partial charge in [-0.3, -0.25) is 19.1 Å². The smallest absolute Gasteiger partial charge is 0.416 e. The maximum Gasteiger partial charge on any atom is 0.416 e. The second-order valence-electron chi connectivity index (χ2n) is 18.7. The number of pyridine rings is 1. The number of ether oxygens (including phenoxy) is 2. The van der Waals surface area contributed by atoms with Crippen molar-refractivity contribution >= 4 is 55.7 Å². The van der Waals surface area contributed by atoms with E-state index in [1.807, 2.05) is 39.1 Å². The molecule has 63 heavy (non-hydrogen) atoms. The summed E-state index contributed by atoms with van der Waals surface area (Å²) >= 11 is 1.44. The van der Waals surface area contributed by atoms with Gasteiger partial charge in [0, 0.05) is 34.5 Å². The fraction of sp³-hybridized carbons (Fsp3) is 0.533. The minimum atomic E-state index is -4.63. The lowest BCUT2D eigenvalue weighted by molar-refractivity contribution is -0.141. The molecule has 3 heterocycles. The highest BCUT2D eigenvalue weighted by Crippen LogP contribution is 2.48. The van der Waals surface area contributed by atoms with Crippen LogP contribution in [0.4, 0.5) is 18.9 Å². The standard InChI is InChI=1S/C45H55F3N6O7S2/c1-10-26-21-44(26,41(57)53-63(58,59)43(8)16-17-43)52-38(55)33-19-29(22-54(33)40(56)37(42(5,6)7)49-28-13-11-12-27(18-28)45(46,47)48)61-35-20-31(39-51-32(23-62-39)24(2)3)50-36-25(4)34(60-9)15-14-30(35)36/h11-15,18,20,23-24,26,29,33,37,49H,10,16-17,19,21-22H2,1-9H3,(H,52,55)(H,53,57)/t26-,29?,33+,37-,44-/m1/s1. The van der Waals surface area contributed by atoms with Gasteiger partial charge >= 0.3 is 6.18 Å². The molecule has 7 rings (SSSR count). The normalized spacial score (nSPS) is 22.4. The van der Waals surface area contributed by atoms with Crippen LogP contribution in [0.3, 0.4) is 0 Å². The molecule has 5 atom stereocenters. The zero-order valence-corrected chi connectivity index (χ0v) is 38.5. The number of anilines is 1. The molecule has 0 spiro atoms. The van der Waals surface area contributed by atoms with Gasteiger partial charge in [-0.15, -0.1) is 11.3 Å². The minimum Gasteiger partial charge on any atom is -0.496 e. The average Bonchev–Trinajstić information content (AvgIpc) is 4.00. The van der Waals surface area contributed by atoms with Crippen molar-refractivity contribution in [2.24, 2.45) is 11.3 Å². The molecule has 2 aliphatic carbocycles. The number of benzene rings is 2. The highest BCUT2D eigenvalue weighted by atomic mass is 32.2. The number of nitrogens with zero attached hydrogens (tertiary/aromatic N) is 3. The Hall–Kier alpha value is -4.97. The summed E-state index contributed by atoms with van der Waals surface area (Å²) in [6, 6.07) is 7.60. The summed E-state index contributed by atoms with van der Waals surface area (Å²) in [5.74, 6) is -1.26. The maximum atomic E-state index is 15.0. The van der Waals surface area contributed by atoms with E-state index in [4.69, 9.17) is 19.4 Å². The topological polar surface area (TPSA) is 169 Å². The van der Waals surface area contributed by atoms with E-state index in [0.717, 1.165) is 23.4 Å². The number of amides is 3. The molecule has 4 aromatic rings. The first-order valence-electron chi connectivity index (χ1n) is 21.1. The zero-order valence-electron chi connectivity index (χ0n) is 36.9. The van der Waals surface area contributed by atoms with Crippen LogP contribution in [0.1, 0.15) is 103 Å². The number of aromatic nitrogens is 2. The molecule has 1 unspecified atom stereocenters. The molecular weight excluding hydrogens is 858 g/mol. The number of carbonyl (C=O) groups excluding carboxylic acids is 3. The summed E-state index contributed by atoms with van der Waals surface area (Å²) in [7, 11) is -2.47. The molecule has 2 aromatic heterocycles. The van der Waals surface area contributed by atoms with Crippen molar-refractivity contribution in [2.75, 3.05) is 19.0 Å². The third kappa shape index (κ3) is 9.06. The van der Waals surface area contributed by atoms with E-state index >= 15 is 0 Å². The summed E-state index contributed by atoms with van der Waals surface area (Å²) < 4.78 is 81.3. The molecule has 18 heteroatoms. The van der Waals surface area contributed by atoms with Gasteiger partial charge < -0.3 is 25.0 Å². The van der Waals surface area contributed by atoms with Crippen molar-refractivity contribution in [1.82, 2.24) is 24.9 Å². The van der Waals surface area contributed by atoms with Crippen LogP contribution < -0.4 is 24.8 Å². The summed E-state index contributed by atoms with van der Waals surface area (Å²) in [4.78, 5) is 54.7. The number of hydrogen-bond donors (Lipinski definition) is 3. The van der Waals surface area contributed by atoms with Gasteiger partial charge in [-0.05, 0) is 80.7 Å². The Morgan fingerprint density at radius 3 is 2.35 bits per heavy atom. The van der Waals surface area contributed by atoms with Crippen LogP contribution in [0.5, 0.6) is 11.5 Å². The number of nitrogens with one attached hydrogen (secondary N) is 3. The molecule has 340 valence electrons. The van der Waals surface area contributed by atoms with Crippen LogP contribution in [0.15, 0.2) is 47.8 Å². The van der Waals surface area contributed by atoms with Crippen LogP contribution >= 0.6 is 11.3 Å². The maximum absolute atomic E-state index is 15.0. The van der Waals surface area contributed by atoms with Crippen LogP contribution in [0.2, 0.25) is 0 Å². The summed E-state index contributed by atoms with van der Waals surface area (Å²) in [6.07, 6.45) is -4.00. The molecule has 13 nitrogen and oxygen atoms in total. The molecule has 3 N–H and O–H groups in total. The molecule has 1 saturated heterocycles. The third-order valence-electron chi connectivity index (χ3n) is 12.6. The number of sulfonamides is 1. The van der Waals surface area contributed by atoms with Crippen LogP contribution in [-0.4, -0.2) is 83.1 Å². The Balaban J connectivity index is 1.26. The monoisotopic (exact) mass is 912 g/mol. The molecule has 0 bridgehead atoms. The van der Waals surface area contributed by atoms with Crippen molar-refractivity contribution in [3.8, 4) is 22.2 Å². The fourth-order valence-electron chi connectivity index (χ4n) is 8.19. The van der Waals surface area contributed by atoms with Gasteiger partial charge in [0.1, 0.15) is 45.9 Å². The van der Waals surface area contributed by atoms with Gasteiger partial charge in [-0.2, -0.15) is 13.2 Å². The van der Waals surface area contributed by atoms with E-state index in [0.29, 0.717) is 52.4 Å². The van der Waals surface area contributed by atoms with Gasteiger partial charge in [-0.25, -0.2) is 18.4 Å². The minimum absolute atomic E-state index is 0.0358. The Bertz CT molecular complexity index is 2550. The SMILES string of the molecule is CC[C@@H]1C[C@]1(NC(=O)[C@@H]1CC(Oc2cc(-c3nc(C(C)C)cs3)nc3c(C)c(OC)ccc23)CN1C(=O)[C@@H](Nc1cccc(C(F)(F)F)c1)C(C)(C)C)C(=O)NS(=O)(=O)C1(C)CC1. The number of carbonyl (C=O) groups is 3. The van der Waals surface area contributed by atoms with E-state index < -0.39 is 73.4 Å². The van der Waals surface area contributed by atoms with Crippen molar-refractivity contribution in [3.05, 3.63) is 64.7 Å². The Kier molecular flexibility index (Phi) is 12.1. The molecule has 2 aromatic carbocycles. The molecule has 1 aliphatic heterocycles. The summed E-state index contributed by atoms with van der Waals surface area (Å²) in [5, 5.41) is 9.19. The van der Waals surface area contributed by atoms with Crippen LogP contribution in [-0.2, 0) is 30.6 Å². The first-order valence-corrected chi connectivity index (χ1v) is 23.5. The first-order chi connectivity index (χ1) is 29.4. The van der Waals surface area contributed by atoms with Gasteiger partial charge in [0.2, 0.25) is 21.8 Å². The Morgan fingerprint density at radius 2 is 1.76 bits per heavy atom. The number of aryl methyl sites for hydroxylation is 1. The number of alkyl halides is 3. The number of fused-ring (bicyclic) bond motifs is 1. The van der Waals surface area contributed by atoms with E-state index in [9.17, 15) is 36.0 Å². The van der Waals surface area contributed by atoms with E-state index in [1.165, 1.54) is 28.4 Å². The highest BCUT2D eigenvalue weighted by Gasteiger charge is 2.63. The first kappa shape index (κ1) is 46.0. The third-order valence-corrected chi connectivity index (χ3v) is 15.7. The van der Waals surface area contributed by atoms with Gasteiger partial charge in [0.25, 0.3) is 5.91 Å². The average molecular weight is 913 g/mol. The number of rotatable bonds is 14. The summed E-state index contributed by atoms with van der Waals surface area (Å²) in [5.41, 5.74) is -0.459. The highest BCUT2D eigenvalue weighted by molar-refractivity contribution is 7.91. The largest absolute Gasteiger partial charge is 0.496 e. The number of halogens is 3. The molecule has 0 radical (unpaired) electrons. The predicted octanol–water partition coefficient (Wildman–Crippen LogP) is 7.98. The second kappa shape index (κ2) is 16.5. The van der Waals surface area contributed by atoms with Gasteiger partial charge in [0.15, 0.2) is 0 Å². The lowest BCUT2D eigenvalue weighted by atomic mass is 9.85. The summed E-state index contributed by atoms with van der Waals surface area (Å²) in [6.45, 7) is 14.5. The molecule has 3 fully saturated rings. The molecule has 3 aliphatic rings. The predicted molar refractivity (Wildman–Crippen MR) is 235 cm³/mol. The van der Waals surface area contributed by atoms with Gasteiger partial charge in [0.05, 0.1) is 35.2 Å². The lowest BCUT2D eigenvalue weighted by Gasteiger charge is -2.36. The number of hydrogen-bond acceptors (Lipinski definition) is 11. The lowest BCUT2D eigenvalue weighted by Crippen LogP contribution is -2.59. The molecule has 3 amide bonds. The molecule has 2 saturated carbocycles. The van der Waals surface area contributed by atoms with E-state index in [2.05, 4.69) is 15.4 Å². The molecular formula is C45H55F3N6O7S2. The van der Waals surface area contributed by atoms with Crippen molar-refractivity contribution < 1.29 is 45.4 Å². The number of methoxy groups -OCH3 is 1. The Labute approximate surface area is 370 Å². The van der Waals surface area contributed by atoms with Crippen LogP contribution in [0, 0.1) is 18.3 Å². The van der Waals surface area contributed by atoms with Crippen molar-refractivity contribution in [3.63, 3.8) is 0 Å². The Morgan fingerprint density at radius 1 is 1.05 bits per heavy atom. The van der Waals surface area contributed by atoms with Gasteiger partial charge in [-0.1, -0.05) is 54.0 Å². The van der Waals surface area contributed by atoms with E-state index in [1.54, 1.807) is 46.9 Å². The number of thiazole rings is 1. The number of likely N-dealkylation sites (tertiary alicyclic amines) is 1.